The largest absolute Gasteiger partial charge is 0.490 e. The van der Waals surface area contributed by atoms with E-state index < -0.39 is 0 Å². The van der Waals surface area contributed by atoms with Crippen LogP contribution in [-0.2, 0) is 0 Å². The van der Waals surface area contributed by atoms with E-state index in [1.807, 2.05) is 59.5 Å². The van der Waals surface area contributed by atoms with Crippen molar-refractivity contribution in [2.45, 2.75) is 18.9 Å². The number of ether oxygens (including phenoxy) is 1. The maximum atomic E-state index is 12.4. The molecule has 1 amide bonds. The lowest BCUT2D eigenvalue weighted by molar-refractivity contribution is 0.0595. The molecule has 0 radical (unpaired) electrons. The zero-order valence-corrected chi connectivity index (χ0v) is 13.0. The third kappa shape index (κ3) is 3.60. The number of rotatable bonds is 3. The molecule has 0 spiro atoms. The van der Waals surface area contributed by atoms with Crippen LogP contribution >= 0.6 is 11.6 Å². The topological polar surface area (TPSA) is 29.5 Å². The standard InChI is InChI=1S/C18H18ClNO2/c19-15-7-4-8-17(13-15)22-16-9-11-20(12-10-16)18(21)14-5-2-1-3-6-14/h1-8,13,16H,9-12H2. The third-order valence-electron chi connectivity index (χ3n) is 3.85. The van der Waals surface area contributed by atoms with Gasteiger partial charge in [-0.3, -0.25) is 4.79 Å². The van der Waals surface area contributed by atoms with Gasteiger partial charge in [-0.25, -0.2) is 0 Å². The number of hydrogen-bond acceptors (Lipinski definition) is 2. The fourth-order valence-corrected chi connectivity index (χ4v) is 2.85. The van der Waals surface area contributed by atoms with Crippen LogP contribution in [0.25, 0.3) is 0 Å². The van der Waals surface area contributed by atoms with Gasteiger partial charge in [0.05, 0.1) is 0 Å². The highest BCUT2D eigenvalue weighted by Crippen LogP contribution is 2.22. The molecule has 4 heteroatoms. The van der Waals surface area contributed by atoms with Crippen LogP contribution in [0, 0.1) is 0 Å². The maximum Gasteiger partial charge on any atom is 0.253 e. The van der Waals surface area contributed by atoms with E-state index in [2.05, 4.69) is 0 Å². The Morgan fingerprint density at radius 3 is 2.45 bits per heavy atom. The van der Waals surface area contributed by atoms with Crippen LogP contribution < -0.4 is 4.74 Å². The van der Waals surface area contributed by atoms with E-state index in [9.17, 15) is 4.79 Å². The van der Waals surface area contributed by atoms with Gasteiger partial charge in [0, 0.05) is 36.5 Å². The summed E-state index contributed by atoms with van der Waals surface area (Å²) in [5.74, 6) is 0.891. The van der Waals surface area contributed by atoms with Crippen LogP contribution in [0.5, 0.6) is 5.75 Å². The first-order valence-corrected chi connectivity index (χ1v) is 7.87. The average molecular weight is 316 g/mol. The molecule has 0 aromatic heterocycles. The molecule has 1 aliphatic rings. The van der Waals surface area contributed by atoms with Crippen LogP contribution in [-0.4, -0.2) is 30.0 Å². The van der Waals surface area contributed by atoms with Gasteiger partial charge in [-0.1, -0.05) is 35.9 Å². The van der Waals surface area contributed by atoms with Crippen molar-refractivity contribution in [1.29, 1.82) is 0 Å². The fraction of sp³-hybridized carbons (Fsp3) is 0.278. The molecule has 0 bridgehead atoms. The highest BCUT2D eigenvalue weighted by molar-refractivity contribution is 6.30. The molecule has 0 unspecified atom stereocenters. The van der Waals surface area contributed by atoms with Crippen molar-refractivity contribution < 1.29 is 9.53 Å². The number of hydrogen-bond donors (Lipinski definition) is 0. The van der Waals surface area contributed by atoms with Crippen molar-refractivity contribution in [3.63, 3.8) is 0 Å². The number of amides is 1. The minimum Gasteiger partial charge on any atom is -0.490 e. The highest BCUT2D eigenvalue weighted by Gasteiger charge is 2.24. The number of benzene rings is 2. The summed E-state index contributed by atoms with van der Waals surface area (Å²) in [6, 6.07) is 16.9. The molecule has 3 rings (SSSR count). The molecule has 114 valence electrons. The van der Waals surface area contributed by atoms with Crippen LogP contribution in [0.15, 0.2) is 54.6 Å². The number of nitrogens with zero attached hydrogens (tertiary/aromatic N) is 1. The summed E-state index contributed by atoms with van der Waals surface area (Å²) in [4.78, 5) is 14.3. The number of carbonyl (C=O) groups is 1. The fourth-order valence-electron chi connectivity index (χ4n) is 2.67. The molecule has 3 nitrogen and oxygen atoms in total. The van der Waals surface area contributed by atoms with Crippen molar-refractivity contribution in [1.82, 2.24) is 4.90 Å². The van der Waals surface area contributed by atoms with Gasteiger partial charge >= 0.3 is 0 Å². The molecule has 22 heavy (non-hydrogen) atoms. The minimum absolute atomic E-state index is 0.0989. The predicted octanol–water partition coefficient (Wildman–Crippen LogP) is 4.02. The Hall–Kier alpha value is -2.00. The molecule has 0 saturated carbocycles. The molecule has 0 N–H and O–H groups in total. The summed E-state index contributed by atoms with van der Waals surface area (Å²) in [5.41, 5.74) is 0.747. The Labute approximate surface area is 135 Å². The molecule has 0 aliphatic carbocycles. The summed E-state index contributed by atoms with van der Waals surface area (Å²) < 4.78 is 5.95. The lowest BCUT2D eigenvalue weighted by atomic mass is 10.1. The predicted molar refractivity (Wildman–Crippen MR) is 87.4 cm³/mol. The second kappa shape index (κ2) is 6.84. The van der Waals surface area contributed by atoms with Crippen molar-refractivity contribution in [2.24, 2.45) is 0 Å². The van der Waals surface area contributed by atoms with Crippen LogP contribution in [0.3, 0.4) is 0 Å². The van der Waals surface area contributed by atoms with E-state index in [1.54, 1.807) is 0 Å². The first-order valence-electron chi connectivity index (χ1n) is 7.49. The van der Waals surface area contributed by atoms with Gasteiger partial charge in [0.15, 0.2) is 0 Å². The third-order valence-corrected chi connectivity index (χ3v) is 4.08. The lowest BCUT2D eigenvalue weighted by Crippen LogP contribution is -2.41. The first kappa shape index (κ1) is 14.9. The molecule has 1 fully saturated rings. The van der Waals surface area contributed by atoms with Gasteiger partial charge in [-0.05, 0) is 30.3 Å². The molecule has 2 aromatic rings. The van der Waals surface area contributed by atoms with E-state index in [0.29, 0.717) is 5.02 Å². The van der Waals surface area contributed by atoms with E-state index in [-0.39, 0.29) is 12.0 Å². The van der Waals surface area contributed by atoms with Crippen molar-refractivity contribution in [3.8, 4) is 5.75 Å². The van der Waals surface area contributed by atoms with Crippen molar-refractivity contribution in [2.75, 3.05) is 13.1 Å². The maximum absolute atomic E-state index is 12.4. The minimum atomic E-state index is 0.0989. The SMILES string of the molecule is O=C(c1ccccc1)N1CCC(Oc2cccc(Cl)c2)CC1. The summed E-state index contributed by atoms with van der Waals surface area (Å²) >= 11 is 5.96. The van der Waals surface area contributed by atoms with E-state index in [1.165, 1.54) is 0 Å². The van der Waals surface area contributed by atoms with E-state index in [0.717, 1.165) is 37.2 Å². The van der Waals surface area contributed by atoms with Crippen molar-refractivity contribution >= 4 is 17.5 Å². The van der Waals surface area contributed by atoms with Gasteiger partial charge in [0.25, 0.3) is 5.91 Å². The van der Waals surface area contributed by atoms with Gasteiger partial charge in [0.1, 0.15) is 11.9 Å². The monoisotopic (exact) mass is 315 g/mol. The summed E-state index contributed by atoms with van der Waals surface area (Å²) in [7, 11) is 0. The lowest BCUT2D eigenvalue weighted by Gasteiger charge is -2.32. The average Bonchev–Trinajstić information content (AvgIpc) is 2.56. The molecular formula is C18H18ClNO2. The Morgan fingerprint density at radius 2 is 1.77 bits per heavy atom. The smallest absolute Gasteiger partial charge is 0.253 e. The molecule has 2 aromatic carbocycles. The normalized spacial score (nSPS) is 15.6. The Bertz CT molecular complexity index is 637. The number of piperidine rings is 1. The van der Waals surface area contributed by atoms with Crippen LogP contribution in [0.2, 0.25) is 5.02 Å². The number of halogens is 1. The van der Waals surface area contributed by atoms with Gasteiger partial charge < -0.3 is 9.64 Å². The first-order chi connectivity index (χ1) is 10.7. The Kier molecular flexibility index (Phi) is 4.64. The quantitative estimate of drug-likeness (QED) is 0.856. The molecule has 1 heterocycles. The van der Waals surface area contributed by atoms with E-state index >= 15 is 0 Å². The highest BCUT2D eigenvalue weighted by atomic mass is 35.5. The zero-order chi connectivity index (χ0) is 15.4. The van der Waals surface area contributed by atoms with Crippen LogP contribution in [0.4, 0.5) is 0 Å². The van der Waals surface area contributed by atoms with Gasteiger partial charge in [0.2, 0.25) is 0 Å². The number of carbonyl (C=O) groups excluding carboxylic acids is 1. The van der Waals surface area contributed by atoms with Crippen LogP contribution in [0.1, 0.15) is 23.2 Å². The molecule has 1 saturated heterocycles. The van der Waals surface area contributed by atoms with E-state index in [4.69, 9.17) is 16.3 Å². The molecule has 0 atom stereocenters. The molecular weight excluding hydrogens is 298 g/mol. The second-order valence-electron chi connectivity index (χ2n) is 5.43. The zero-order valence-electron chi connectivity index (χ0n) is 12.2. The Balaban J connectivity index is 1.55. The van der Waals surface area contributed by atoms with Gasteiger partial charge in [-0.15, -0.1) is 0 Å². The number of likely N-dealkylation sites (tertiary alicyclic amines) is 1. The second-order valence-corrected chi connectivity index (χ2v) is 5.87. The summed E-state index contributed by atoms with van der Waals surface area (Å²) in [5, 5.41) is 0.675. The van der Waals surface area contributed by atoms with Gasteiger partial charge in [-0.2, -0.15) is 0 Å². The summed E-state index contributed by atoms with van der Waals surface area (Å²) in [6.07, 6.45) is 1.81. The molecule has 1 aliphatic heterocycles. The van der Waals surface area contributed by atoms with Crippen molar-refractivity contribution in [3.05, 3.63) is 65.2 Å². The summed E-state index contributed by atoms with van der Waals surface area (Å²) in [6.45, 7) is 1.44. The Morgan fingerprint density at radius 1 is 1.05 bits per heavy atom.